The average molecular weight is 376 g/mol. The van der Waals surface area contributed by atoms with Gasteiger partial charge in [-0.25, -0.2) is 9.97 Å². The Bertz CT molecular complexity index is 926. The van der Waals surface area contributed by atoms with Crippen molar-refractivity contribution in [3.8, 4) is 5.75 Å². The van der Waals surface area contributed by atoms with Crippen molar-refractivity contribution >= 4 is 11.7 Å². The fourth-order valence-electron chi connectivity index (χ4n) is 2.79. The number of rotatable bonds is 8. The number of aromatic nitrogens is 2. The van der Waals surface area contributed by atoms with E-state index in [1.165, 1.54) is 11.9 Å². The van der Waals surface area contributed by atoms with Gasteiger partial charge in [0, 0.05) is 19.2 Å². The number of carbonyl (C=O) groups is 1. The molecule has 1 amide bonds. The maximum absolute atomic E-state index is 12.4. The zero-order chi connectivity index (χ0) is 19.8. The predicted molar refractivity (Wildman–Crippen MR) is 110 cm³/mol. The largest absolute Gasteiger partial charge is 0.496 e. The first-order valence-electron chi connectivity index (χ1n) is 9.17. The zero-order valence-corrected chi connectivity index (χ0v) is 16.1. The second kappa shape index (κ2) is 9.50. The minimum atomic E-state index is -0.226. The summed E-state index contributed by atoms with van der Waals surface area (Å²) in [6, 6.07) is 17.7. The van der Waals surface area contributed by atoms with Crippen LogP contribution in [0.5, 0.6) is 5.75 Å². The van der Waals surface area contributed by atoms with E-state index in [-0.39, 0.29) is 5.91 Å². The van der Waals surface area contributed by atoms with Crippen molar-refractivity contribution in [3.05, 3.63) is 83.3 Å². The van der Waals surface area contributed by atoms with E-state index in [1.54, 1.807) is 13.2 Å². The molecule has 0 aliphatic heterocycles. The highest BCUT2D eigenvalue weighted by Crippen LogP contribution is 2.17. The Morgan fingerprint density at radius 1 is 1.07 bits per heavy atom. The van der Waals surface area contributed by atoms with Crippen molar-refractivity contribution in [1.29, 1.82) is 0 Å². The number of hydrogen-bond acceptors (Lipinski definition) is 5. The van der Waals surface area contributed by atoms with Crippen molar-refractivity contribution < 1.29 is 9.53 Å². The molecule has 144 valence electrons. The zero-order valence-electron chi connectivity index (χ0n) is 16.1. The molecule has 28 heavy (non-hydrogen) atoms. The molecule has 2 aromatic carbocycles. The Morgan fingerprint density at radius 2 is 1.86 bits per heavy atom. The van der Waals surface area contributed by atoms with Gasteiger partial charge in [-0.2, -0.15) is 0 Å². The summed E-state index contributed by atoms with van der Waals surface area (Å²) >= 11 is 0. The van der Waals surface area contributed by atoms with Gasteiger partial charge in [0.05, 0.1) is 7.11 Å². The maximum atomic E-state index is 12.4. The van der Waals surface area contributed by atoms with E-state index >= 15 is 0 Å². The van der Waals surface area contributed by atoms with Crippen LogP contribution in [0.1, 0.15) is 27.2 Å². The van der Waals surface area contributed by atoms with Crippen molar-refractivity contribution in [2.45, 2.75) is 19.9 Å². The Kier molecular flexibility index (Phi) is 6.57. The molecule has 0 fully saturated rings. The Labute approximate surface area is 165 Å². The number of ether oxygens (including phenoxy) is 1. The third-order valence-corrected chi connectivity index (χ3v) is 4.37. The van der Waals surface area contributed by atoms with Gasteiger partial charge in [0.2, 0.25) is 0 Å². The average Bonchev–Trinajstić information content (AvgIpc) is 2.74. The molecule has 3 rings (SSSR count). The van der Waals surface area contributed by atoms with E-state index in [0.717, 1.165) is 16.9 Å². The molecular formula is C22H24N4O2. The number of hydrogen-bond donors (Lipinski definition) is 2. The fourth-order valence-corrected chi connectivity index (χ4v) is 2.79. The molecule has 6 heteroatoms. The smallest absolute Gasteiger partial charge is 0.270 e. The fraction of sp³-hybridized carbons (Fsp3) is 0.227. The summed E-state index contributed by atoms with van der Waals surface area (Å²) in [4.78, 5) is 20.7. The molecule has 0 aliphatic carbocycles. The van der Waals surface area contributed by atoms with Gasteiger partial charge in [-0.1, -0.05) is 48.0 Å². The summed E-state index contributed by atoms with van der Waals surface area (Å²) < 4.78 is 5.33. The molecule has 0 saturated heterocycles. The lowest BCUT2D eigenvalue weighted by molar-refractivity contribution is 0.0949. The highest BCUT2D eigenvalue weighted by molar-refractivity contribution is 5.92. The van der Waals surface area contributed by atoms with Crippen molar-refractivity contribution in [2.75, 3.05) is 19.0 Å². The van der Waals surface area contributed by atoms with Crippen molar-refractivity contribution in [3.63, 3.8) is 0 Å². The first-order valence-corrected chi connectivity index (χ1v) is 9.17. The summed E-state index contributed by atoms with van der Waals surface area (Å²) in [5.41, 5.74) is 3.75. The molecule has 0 atom stereocenters. The van der Waals surface area contributed by atoms with Crippen LogP contribution in [0.4, 0.5) is 5.82 Å². The second-order valence-corrected chi connectivity index (χ2v) is 6.45. The van der Waals surface area contributed by atoms with Gasteiger partial charge in [-0.05, 0) is 30.5 Å². The summed E-state index contributed by atoms with van der Waals surface area (Å²) in [5.74, 6) is 1.21. The van der Waals surface area contributed by atoms with Gasteiger partial charge < -0.3 is 15.4 Å². The van der Waals surface area contributed by atoms with Gasteiger partial charge in [0.1, 0.15) is 23.6 Å². The molecule has 0 aliphatic rings. The van der Waals surface area contributed by atoms with Gasteiger partial charge in [0.25, 0.3) is 5.91 Å². The number of anilines is 1. The van der Waals surface area contributed by atoms with Crippen LogP contribution in [0.15, 0.2) is 60.9 Å². The van der Waals surface area contributed by atoms with Crippen LogP contribution < -0.4 is 15.4 Å². The first kappa shape index (κ1) is 19.4. The number of nitrogens with one attached hydrogen (secondary N) is 2. The van der Waals surface area contributed by atoms with Gasteiger partial charge in [-0.3, -0.25) is 4.79 Å². The number of carbonyl (C=O) groups excluding carboxylic acids is 1. The molecule has 0 bridgehead atoms. The topological polar surface area (TPSA) is 76.1 Å². The maximum Gasteiger partial charge on any atom is 0.270 e. The molecule has 0 saturated carbocycles. The molecule has 1 heterocycles. The quantitative estimate of drug-likeness (QED) is 0.630. The normalized spacial score (nSPS) is 10.4. The van der Waals surface area contributed by atoms with Gasteiger partial charge >= 0.3 is 0 Å². The molecule has 2 N–H and O–H groups in total. The Morgan fingerprint density at radius 3 is 2.64 bits per heavy atom. The van der Waals surface area contributed by atoms with Crippen LogP contribution in [0.25, 0.3) is 0 Å². The Balaban J connectivity index is 1.54. The minimum absolute atomic E-state index is 0.226. The minimum Gasteiger partial charge on any atom is -0.496 e. The number of benzene rings is 2. The van der Waals surface area contributed by atoms with Crippen molar-refractivity contribution in [1.82, 2.24) is 15.3 Å². The summed E-state index contributed by atoms with van der Waals surface area (Å²) in [6.45, 7) is 3.18. The van der Waals surface area contributed by atoms with Crippen LogP contribution in [-0.4, -0.2) is 29.5 Å². The van der Waals surface area contributed by atoms with E-state index < -0.39 is 0 Å². The predicted octanol–water partition coefficient (Wildman–Crippen LogP) is 3.38. The monoisotopic (exact) mass is 376 g/mol. The summed E-state index contributed by atoms with van der Waals surface area (Å²) in [6.07, 6.45) is 2.08. The first-order chi connectivity index (χ1) is 13.7. The van der Waals surface area contributed by atoms with Crippen LogP contribution in [-0.2, 0) is 13.0 Å². The van der Waals surface area contributed by atoms with Gasteiger partial charge in [-0.15, -0.1) is 0 Å². The van der Waals surface area contributed by atoms with Crippen LogP contribution in [0.2, 0.25) is 0 Å². The third-order valence-electron chi connectivity index (χ3n) is 4.37. The highest BCUT2D eigenvalue weighted by Gasteiger charge is 2.09. The second-order valence-electron chi connectivity index (χ2n) is 6.45. The molecular weight excluding hydrogens is 352 g/mol. The lowest BCUT2D eigenvalue weighted by Crippen LogP contribution is -2.26. The Hall–Kier alpha value is -3.41. The van der Waals surface area contributed by atoms with Crippen LogP contribution in [0.3, 0.4) is 0 Å². The standard InChI is InChI=1S/C22H24N4O2/c1-16-7-9-17(10-8-16)14-24-21-13-19(25-15-26-21)22(27)23-12-11-18-5-3-4-6-20(18)28-2/h3-10,13,15H,11-12,14H2,1-2H3,(H,23,27)(H,24,25,26). The lowest BCUT2D eigenvalue weighted by Gasteiger charge is -2.10. The molecule has 0 unspecified atom stereocenters. The van der Waals surface area contributed by atoms with E-state index in [2.05, 4.69) is 51.8 Å². The van der Waals surface area contributed by atoms with E-state index in [1.807, 2.05) is 24.3 Å². The van der Waals surface area contributed by atoms with E-state index in [0.29, 0.717) is 31.0 Å². The molecule has 0 spiro atoms. The lowest BCUT2D eigenvalue weighted by atomic mass is 10.1. The number of aryl methyl sites for hydroxylation is 1. The number of para-hydroxylation sites is 1. The number of methoxy groups -OCH3 is 1. The number of nitrogens with zero attached hydrogens (tertiary/aromatic N) is 2. The molecule has 0 radical (unpaired) electrons. The molecule has 3 aromatic rings. The highest BCUT2D eigenvalue weighted by atomic mass is 16.5. The number of amides is 1. The van der Waals surface area contributed by atoms with E-state index in [4.69, 9.17) is 4.74 Å². The summed E-state index contributed by atoms with van der Waals surface area (Å²) in [5, 5.41) is 6.12. The molecule has 1 aromatic heterocycles. The SMILES string of the molecule is COc1ccccc1CCNC(=O)c1cc(NCc2ccc(C)cc2)ncn1. The van der Waals surface area contributed by atoms with Gasteiger partial charge in [0.15, 0.2) is 0 Å². The van der Waals surface area contributed by atoms with Crippen LogP contribution >= 0.6 is 0 Å². The molecule has 6 nitrogen and oxygen atoms in total. The third kappa shape index (κ3) is 5.30. The summed E-state index contributed by atoms with van der Waals surface area (Å²) in [7, 11) is 1.64. The van der Waals surface area contributed by atoms with Crippen molar-refractivity contribution in [2.24, 2.45) is 0 Å². The van der Waals surface area contributed by atoms with E-state index in [9.17, 15) is 4.79 Å². The van der Waals surface area contributed by atoms with Crippen LogP contribution in [0, 0.1) is 6.92 Å².